The molecule has 3 atom stereocenters. The Morgan fingerprint density at radius 1 is 0.897 bits per heavy atom. The maximum absolute atomic E-state index is 12.5. The molecular weight excluding hydrogens is 506 g/mol. The minimum Gasteiger partial charge on any atom is -0.480 e. The molecule has 0 bridgehead atoms. The summed E-state index contributed by atoms with van der Waals surface area (Å²) in [5.74, 6) is -2.95. The van der Waals surface area contributed by atoms with Gasteiger partial charge < -0.3 is 29.8 Å². The highest BCUT2D eigenvalue weighted by atomic mass is 16.7. The van der Waals surface area contributed by atoms with Crippen molar-refractivity contribution in [3.63, 3.8) is 0 Å². The molecule has 0 saturated heterocycles. The molecule has 0 aromatic heterocycles. The molecule has 10 nitrogen and oxygen atoms in total. The second-order valence-electron chi connectivity index (χ2n) is 11.1. The minimum absolute atomic E-state index is 0.0110. The van der Waals surface area contributed by atoms with E-state index in [1.54, 1.807) is 13.0 Å². The number of hydrogen-bond donors (Lipinski definition) is 2. The van der Waals surface area contributed by atoms with E-state index in [2.05, 4.69) is 0 Å². The van der Waals surface area contributed by atoms with Gasteiger partial charge in [-0.3, -0.25) is 14.4 Å². The minimum atomic E-state index is -1.35. The van der Waals surface area contributed by atoms with Gasteiger partial charge in [-0.05, 0) is 68.6 Å². The Morgan fingerprint density at radius 3 is 2.00 bits per heavy atom. The molecule has 0 radical (unpaired) electrons. The van der Waals surface area contributed by atoms with Crippen LogP contribution >= 0.6 is 0 Å². The fourth-order valence-electron chi connectivity index (χ4n) is 4.49. The molecule has 3 N–H and O–H groups in total. The predicted octanol–water partition coefficient (Wildman–Crippen LogP) is 5.35. The highest BCUT2D eigenvalue weighted by Gasteiger charge is 2.31. The number of aliphatic carboxylic acids is 1. The van der Waals surface area contributed by atoms with Crippen LogP contribution in [-0.4, -0.2) is 47.4 Å². The summed E-state index contributed by atoms with van der Waals surface area (Å²) in [4.78, 5) is 49.0. The zero-order valence-electron chi connectivity index (χ0n) is 23.6. The molecule has 1 fully saturated rings. The Hall–Kier alpha value is -3.14. The van der Waals surface area contributed by atoms with Gasteiger partial charge >= 0.3 is 24.1 Å². The van der Waals surface area contributed by atoms with Gasteiger partial charge in [-0.1, -0.05) is 40.2 Å². The van der Waals surface area contributed by atoms with Crippen molar-refractivity contribution in [2.24, 2.45) is 17.6 Å². The fourth-order valence-corrected chi connectivity index (χ4v) is 4.49. The van der Waals surface area contributed by atoms with Crippen LogP contribution in [0.15, 0.2) is 18.2 Å². The lowest BCUT2D eigenvalue weighted by molar-refractivity contribution is -0.139. The molecule has 2 rings (SSSR count). The number of rotatable bonds is 13. The molecule has 0 amide bonds. The number of carbonyl (C=O) groups is 4. The van der Waals surface area contributed by atoms with E-state index in [4.69, 9.17) is 24.7 Å². The summed E-state index contributed by atoms with van der Waals surface area (Å²) in [6.45, 7) is 9.11. The number of hydrogen-bond acceptors (Lipinski definition) is 9. The van der Waals surface area contributed by atoms with Gasteiger partial charge in [0.25, 0.3) is 0 Å². The number of ether oxygens (including phenoxy) is 4. The molecule has 1 aliphatic carbocycles. The Bertz CT molecular complexity index is 985. The lowest BCUT2D eigenvalue weighted by Gasteiger charge is -2.26. The van der Waals surface area contributed by atoms with E-state index in [1.165, 1.54) is 12.1 Å². The standard InChI is InChI=1S/C29H43NO9/c1-17(2)13-25(31)38-23-12-11-20(16-24(23)39-26(32)14-18(3)4)22(27(30)28(33)34)15-19(5)36-29(35)37-21-9-7-6-8-10-21/h11-12,16-19,21-22,27H,6-10,13-15,30H2,1-5H3,(H,33,34)/t19?,22?,27-/m0/s1. The van der Waals surface area contributed by atoms with Crippen LogP contribution in [0.4, 0.5) is 4.79 Å². The monoisotopic (exact) mass is 549 g/mol. The average molecular weight is 550 g/mol. The third-order valence-electron chi connectivity index (χ3n) is 6.41. The first-order valence-electron chi connectivity index (χ1n) is 13.8. The Kier molecular flexibility index (Phi) is 12.7. The van der Waals surface area contributed by atoms with Crippen molar-refractivity contribution in [3.05, 3.63) is 23.8 Å². The maximum Gasteiger partial charge on any atom is 0.508 e. The number of nitrogens with two attached hydrogens (primary N) is 1. The summed E-state index contributed by atoms with van der Waals surface area (Å²) in [6.07, 6.45) is 3.37. The lowest BCUT2D eigenvalue weighted by Crippen LogP contribution is -2.38. The Morgan fingerprint density at radius 2 is 1.46 bits per heavy atom. The summed E-state index contributed by atoms with van der Waals surface area (Å²) in [5.41, 5.74) is 6.48. The van der Waals surface area contributed by atoms with Crippen molar-refractivity contribution < 1.29 is 43.2 Å². The molecule has 0 aliphatic heterocycles. The van der Waals surface area contributed by atoms with Gasteiger partial charge in [0, 0.05) is 18.8 Å². The number of carbonyl (C=O) groups excluding carboxylic acids is 3. The average Bonchev–Trinajstić information content (AvgIpc) is 2.82. The van der Waals surface area contributed by atoms with Gasteiger partial charge in [0.2, 0.25) is 0 Å². The predicted molar refractivity (Wildman–Crippen MR) is 143 cm³/mol. The zero-order chi connectivity index (χ0) is 29.1. The van der Waals surface area contributed by atoms with E-state index in [9.17, 15) is 24.3 Å². The number of carboxylic acids is 1. The van der Waals surface area contributed by atoms with Gasteiger partial charge in [-0.2, -0.15) is 0 Å². The summed E-state index contributed by atoms with van der Waals surface area (Å²) >= 11 is 0. The van der Waals surface area contributed by atoms with Crippen molar-refractivity contribution >= 4 is 24.1 Å². The highest BCUT2D eigenvalue weighted by Crippen LogP contribution is 2.35. The molecule has 218 valence electrons. The van der Waals surface area contributed by atoms with Crippen molar-refractivity contribution in [1.29, 1.82) is 0 Å². The summed E-state index contributed by atoms with van der Waals surface area (Å²) in [5, 5.41) is 9.68. The number of benzene rings is 1. The van der Waals surface area contributed by atoms with Crippen LogP contribution in [0.1, 0.15) is 97.5 Å². The molecule has 2 unspecified atom stereocenters. The smallest absolute Gasteiger partial charge is 0.480 e. The molecule has 10 heteroatoms. The molecular formula is C29H43NO9. The number of esters is 2. The molecule has 1 saturated carbocycles. The number of carboxylic acid groups (broad SMARTS) is 1. The second kappa shape index (κ2) is 15.5. The van der Waals surface area contributed by atoms with Crippen LogP contribution < -0.4 is 15.2 Å². The van der Waals surface area contributed by atoms with E-state index in [1.807, 2.05) is 27.7 Å². The SMILES string of the molecule is CC(C)CC(=O)Oc1ccc(C(CC(C)OC(=O)OC2CCCCC2)[C@H](N)C(=O)O)cc1OC(=O)CC(C)C. The van der Waals surface area contributed by atoms with E-state index < -0.39 is 42.1 Å². The summed E-state index contributed by atoms with van der Waals surface area (Å²) in [7, 11) is 0. The van der Waals surface area contributed by atoms with Gasteiger partial charge in [-0.25, -0.2) is 4.79 Å². The second-order valence-corrected chi connectivity index (χ2v) is 11.1. The van der Waals surface area contributed by atoms with E-state index in [-0.39, 0.29) is 48.7 Å². The summed E-state index contributed by atoms with van der Waals surface area (Å²) < 4.78 is 21.8. The van der Waals surface area contributed by atoms with Gasteiger partial charge in [-0.15, -0.1) is 0 Å². The van der Waals surface area contributed by atoms with E-state index in [0.29, 0.717) is 5.56 Å². The van der Waals surface area contributed by atoms with Crippen molar-refractivity contribution in [3.8, 4) is 11.5 Å². The normalized spacial score (nSPS) is 16.3. The van der Waals surface area contributed by atoms with Crippen LogP contribution in [0.5, 0.6) is 11.5 Å². The van der Waals surface area contributed by atoms with Crippen LogP contribution in [0, 0.1) is 11.8 Å². The first-order chi connectivity index (χ1) is 18.3. The van der Waals surface area contributed by atoms with Crippen molar-refractivity contribution in [1.82, 2.24) is 0 Å². The molecule has 0 spiro atoms. The fraction of sp³-hybridized carbons (Fsp3) is 0.655. The molecule has 1 aromatic carbocycles. The zero-order valence-corrected chi connectivity index (χ0v) is 23.6. The third kappa shape index (κ3) is 11.2. The molecule has 1 aromatic rings. The topological polar surface area (TPSA) is 151 Å². The van der Waals surface area contributed by atoms with Gasteiger partial charge in [0.05, 0.1) is 0 Å². The van der Waals surface area contributed by atoms with Crippen molar-refractivity contribution in [2.75, 3.05) is 0 Å². The van der Waals surface area contributed by atoms with Crippen LogP contribution in [0.2, 0.25) is 0 Å². The highest BCUT2D eigenvalue weighted by molar-refractivity contribution is 5.77. The Labute approximate surface area is 230 Å². The Balaban J connectivity index is 2.27. The molecule has 1 aliphatic rings. The van der Waals surface area contributed by atoms with Crippen LogP contribution in [0.25, 0.3) is 0 Å². The molecule has 39 heavy (non-hydrogen) atoms. The van der Waals surface area contributed by atoms with E-state index in [0.717, 1.165) is 32.1 Å². The van der Waals surface area contributed by atoms with Gasteiger partial charge in [0.15, 0.2) is 11.5 Å². The first kappa shape index (κ1) is 32.1. The van der Waals surface area contributed by atoms with E-state index >= 15 is 0 Å². The van der Waals surface area contributed by atoms with Crippen LogP contribution in [0.3, 0.4) is 0 Å². The van der Waals surface area contributed by atoms with Gasteiger partial charge in [0.1, 0.15) is 18.2 Å². The van der Waals surface area contributed by atoms with Crippen LogP contribution in [-0.2, 0) is 23.9 Å². The first-order valence-corrected chi connectivity index (χ1v) is 13.8. The largest absolute Gasteiger partial charge is 0.508 e. The quantitative estimate of drug-likeness (QED) is 0.243. The maximum atomic E-state index is 12.5. The summed E-state index contributed by atoms with van der Waals surface area (Å²) in [6, 6.07) is 3.13. The van der Waals surface area contributed by atoms with Crippen molar-refractivity contribution in [2.45, 2.75) is 110 Å². The third-order valence-corrected chi connectivity index (χ3v) is 6.41. The lowest BCUT2D eigenvalue weighted by atomic mass is 9.87. The molecule has 0 heterocycles.